The van der Waals surface area contributed by atoms with E-state index in [0.717, 1.165) is 5.82 Å². The number of nitrogens with zero attached hydrogens (tertiary/aromatic N) is 1. The minimum absolute atomic E-state index is 0.201. The zero-order chi connectivity index (χ0) is 10.6. The quantitative estimate of drug-likeness (QED) is 0.751. The fourth-order valence-corrected chi connectivity index (χ4v) is 1.33. The predicted molar refractivity (Wildman–Crippen MR) is 56.1 cm³/mol. The molecule has 0 saturated heterocycles. The number of nitrogens with one attached hydrogen (secondary N) is 2. The zero-order valence-electron chi connectivity index (χ0n) is 9.24. The second kappa shape index (κ2) is 5.12. The van der Waals surface area contributed by atoms with Crippen molar-refractivity contribution in [2.45, 2.75) is 39.0 Å². The molecule has 0 bridgehead atoms. The highest BCUT2D eigenvalue weighted by atomic mass is 16.5. The molecule has 3 atom stereocenters. The molecule has 0 aliphatic heterocycles. The van der Waals surface area contributed by atoms with Crippen molar-refractivity contribution >= 4 is 0 Å². The van der Waals surface area contributed by atoms with Crippen LogP contribution >= 0.6 is 0 Å². The van der Waals surface area contributed by atoms with Crippen LogP contribution in [0.5, 0.6) is 0 Å². The van der Waals surface area contributed by atoms with Crippen molar-refractivity contribution in [3.63, 3.8) is 0 Å². The fourth-order valence-electron chi connectivity index (χ4n) is 1.33. The number of ether oxygens (including phenoxy) is 1. The van der Waals surface area contributed by atoms with E-state index in [-0.39, 0.29) is 12.1 Å². The lowest BCUT2D eigenvalue weighted by Crippen LogP contribution is -2.38. The zero-order valence-corrected chi connectivity index (χ0v) is 9.24. The maximum atomic E-state index is 5.24. The molecule has 0 amide bonds. The summed E-state index contributed by atoms with van der Waals surface area (Å²) in [4.78, 5) is 7.28. The van der Waals surface area contributed by atoms with Gasteiger partial charge in [0.05, 0.1) is 12.1 Å². The molecule has 4 heteroatoms. The van der Waals surface area contributed by atoms with E-state index in [4.69, 9.17) is 4.74 Å². The van der Waals surface area contributed by atoms with Crippen molar-refractivity contribution in [1.29, 1.82) is 0 Å². The van der Waals surface area contributed by atoms with Gasteiger partial charge in [-0.3, -0.25) is 0 Å². The maximum absolute atomic E-state index is 5.24. The molecule has 80 valence electrons. The highest BCUT2D eigenvalue weighted by Gasteiger charge is 2.15. The smallest absolute Gasteiger partial charge is 0.122 e. The summed E-state index contributed by atoms with van der Waals surface area (Å²) in [6, 6.07) is 0.526. The Morgan fingerprint density at radius 1 is 1.43 bits per heavy atom. The SMILES string of the molecule is COC(C)C(C)NC(C)c1ncc[nH]1. The van der Waals surface area contributed by atoms with Crippen LogP contribution in [0.25, 0.3) is 0 Å². The first kappa shape index (κ1) is 11.2. The number of hydrogen-bond donors (Lipinski definition) is 2. The molecule has 0 aromatic carbocycles. The summed E-state index contributed by atoms with van der Waals surface area (Å²) in [6.45, 7) is 6.23. The van der Waals surface area contributed by atoms with Crippen LogP contribution in [0.15, 0.2) is 12.4 Å². The van der Waals surface area contributed by atoms with E-state index >= 15 is 0 Å². The largest absolute Gasteiger partial charge is 0.380 e. The Labute approximate surface area is 85.1 Å². The first-order chi connectivity index (χ1) is 6.65. The summed E-state index contributed by atoms with van der Waals surface area (Å²) in [6.07, 6.45) is 3.79. The standard InChI is InChI=1S/C10H19N3O/c1-7(9(3)14-4)13-8(2)10-11-5-6-12-10/h5-9,13H,1-4H3,(H,11,12). The van der Waals surface area contributed by atoms with E-state index in [0.29, 0.717) is 6.04 Å². The molecule has 14 heavy (non-hydrogen) atoms. The van der Waals surface area contributed by atoms with Gasteiger partial charge in [0.15, 0.2) is 0 Å². The third-order valence-corrected chi connectivity index (χ3v) is 2.52. The molecule has 0 saturated carbocycles. The Morgan fingerprint density at radius 3 is 2.64 bits per heavy atom. The van der Waals surface area contributed by atoms with Crippen LogP contribution in [0.4, 0.5) is 0 Å². The Bertz CT molecular complexity index is 248. The third kappa shape index (κ3) is 2.82. The van der Waals surface area contributed by atoms with Crippen LogP contribution in [-0.4, -0.2) is 29.2 Å². The second-order valence-electron chi connectivity index (χ2n) is 3.59. The molecule has 1 heterocycles. The lowest BCUT2D eigenvalue weighted by molar-refractivity contribution is 0.0848. The van der Waals surface area contributed by atoms with Crippen molar-refractivity contribution < 1.29 is 4.74 Å². The summed E-state index contributed by atoms with van der Waals surface area (Å²) >= 11 is 0. The number of H-pyrrole nitrogens is 1. The maximum Gasteiger partial charge on any atom is 0.122 e. The molecule has 4 nitrogen and oxygen atoms in total. The number of aromatic nitrogens is 2. The van der Waals surface area contributed by atoms with Gasteiger partial charge in [0.2, 0.25) is 0 Å². The monoisotopic (exact) mass is 197 g/mol. The van der Waals surface area contributed by atoms with Gasteiger partial charge in [-0.1, -0.05) is 0 Å². The van der Waals surface area contributed by atoms with Crippen LogP contribution in [0, 0.1) is 0 Å². The first-order valence-corrected chi connectivity index (χ1v) is 4.93. The van der Waals surface area contributed by atoms with Crippen molar-refractivity contribution in [2.24, 2.45) is 0 Å². The van der Waals surface area contributed by atoms with Gasteiger partial charge >= 0.3 is 0 Å². The molecule has 3 unspecified atom stereocenters. The van der Waals surface area contributed by atoms with Gasteiger partial charge in [0.1, 0.15) is 5.82 Å². The molecule has 1 aromatic heterocycles. The lowest BCUT2D eigenvalue weighted by Gasteiger charge is -2.23. The van der Waals surface area contributed by atoms with Gasteiger partial charge < -0.3 is 15.0 Å². The highest BCUT2D eigenvalue weighted by Crippen LogP contribution is 2.08. The van der Waals surface area contributed by atoms with E-state index in [1.54, 1.807) is 13.3 Å². The van der Waals surface area contributed by atoms with E-state index in [1.807, 2.05) is 13.1 Å². The normalized spacial score (nSPS) is 17.7. The van der Waals surface area contributed by atoms with Crippen molar-refractivity contribution in [3.05, 3.63) is 18.2 Å². The van der Waals surface area contributed by atoms with Crippen LogP contribution in [0.2, 0.25) is 0 Å². The average Bonchev–Trinajstić information content (AvgIpc) is 2.69. The number of methoxy groups -OCH3 is 1. The van der Waals surface area contributed by atoms with Gasteiger partial charge in [-0.2, -0.15) is 0 Å². The molecule has 0 spiro atoms. The topological polar surface area (TPSA) is 49.9 Å². The summed E-state index contributed by atoms with van der Waals surface area (Å²) in [5, 5.41) is 3.41. The second-order valence-corrected chi connectivity index (χ2v) is 3.59. The lowest BCUT2D eigenvalue weighted by atomic mass is 10.2. The molecule has 0 aliphatic rings. The number of hydrogen-bond acceptors (Lipinski definition) is 3. The summed E-state index contributed by atoms with van der Waals surface area (Å²) in [7, 11) is 1.72. The predicted octanol–water partition coefficient (Wildman–Crippen LogP) is 1.48. The molecule has 0 radical (unpaired) electrons. The average molecular weight is 197 g/mol. The molecule has 0 aliphatic carbocycles. The van der Waals surface area contributed by atoms with E-state index in [2.05, 4.69) is 29.1 Å². The summed E-state index contributed by atoms with van der Waals surface area (Å²) in [5.41, 5.74) is 0. The fraction of sp³-hybridized carbons (Fsp3) is 0.700. The molecule has 2 N–H and O–H groups in total. The van der Waals surface area contributed by atoms with Crippen LogP contribution < -0.4 is 5.32 Å². The molecule has 1 aromatic rings. The first-order valence-electron chi connectivity index (χ1n) is 4.93. The minimum Gasteiger partial charge on any atom is -0.380 e. The molecule has 1 rings (SSSR count). The van der Waals surface area contributed by atoms with Crippen LogP contribution in [0.3, 0.4) is 0 Å². The number of aromatic amines is 1. The Morgan fingerprint density at radius 2 is 2.14 bits per heavy atom. The van der Waals surface area contributed by atoms with Gasteiger partial charge in [0, 0.05) is 25.5 Å². The third-order valence-electron chi connectivity index (χ3n) is 2.52. The van der Waals surface area contributed by atoms with Gasteiger partial charge in [-0.25, -0.2) is 4.98 Å². The Kier molecular flexibility index (Phi) is 4.10. The number of imidazole rings is 1. The molecular formula is C10H19N3O. The minimum atomic E-state index is 0.201. The van der Waals surface area contributed by atoms with Gasteiger partial charge in [0.25, 0.3) is 0 Å². The molecular weight excluding hydrogens is 178 g/mol. The van der Waals surface area contributed by atoms with Crippen LogP contribution in [-0.2, 0) is 4.74 Å². The number of rotatable bonds is 5. The van der Waals surface area contributed by atoms with Crippen molar-refractivity contribution in [1.82, 2.24) is 15.3 Å². The highest BCUT2D eigenvalue weighted by molar-refractivity contribution is 4.94. The van der Waals surface area contributed by atoms with Gasteiger partial charge in [-0.05, 0) is 20.8 Å². The Hall–Kier alpha value is -0.870. The van der Waals surface area contributed by atoms with Crippen molar-refractivity contribution in [2.75, 3.05) is 7.11 Å². The summed E-state index contributed by atoms with van der Waals surface area (Å²) in [5.74, 6) is 0.958. The van der Waals surface area contributed by atoms with Gasteiger partial charge in [-0.15, -0.1) is 0 Å². The summed E-state index contributed by atoms with van der Waals surface area (Å²) < 4.78 is 5.24. The Balaban J connectivity index is 2.44. The van der Waals surface area contributed by atoms with E-state index in [1.165, 1.54) is 0 Å². The molecule has 0 fully saturated rings. The van der Waals surface area contributed by atoms with E-state index in [9.17, 15) is 0 Å². The van der Waals surface area contributed by atoms with Crippen LogP contribution in [0.1, 0.15) is 32.6 Å². The van der Waals surface area contributed by atoms with Crippen molar-refractivity contribution in [3.8, 4) is 0 Å². The van der Waals surface area contributed by atoms with E-state index < -0.39 is 0 Å².